The van der Waals surface area contributed by atoms with Gasteiger partial charge in [0.2, 0.25) is 10.0 Å². The predicted molar refractivity (Wildman–Crippen MR) is 100 cm³/mol. The van der Waals surface area contributed by atoms with E-state index in [0.717, 1.165) is 18.4 Å². The van der Waals surface area contributed by atoms with Gasteiger partial charge in [0, 0.05) is 18.5 Å². The topological polar surface area (TPSA) is 101 Å². The fourth-order valence-electron chi connectivity index (χ4n) is 3.15. The van der Waals surface area contributed by atoms with Gasteiger partial charge in [0.15, 0.2) is 0 Å². The minimum Gasteiger partial charge on any atom is -0.337 e. The van der Waals surface area contributed by atoms with Crippen molar-refractivity contribution >= 4 is 16.1 Å². The Morgan fingerprint density at radius 3 is 2.31 bits per heavy atom. The molecule has 6 nitrogen and oxygen atoms in total. The highest BCUT2D eigenvalue weighted by molar-refractivity contribution is 7.89. The first-order chi connectivity index (χ1) is 12.3. The molecule has 2 aromatic rings. The Bertz CT molecular complexity index is 904. The van der Waals surface area contributed by atoms with Crippen molar-refractivity contribution < 1.29 is 13.2 Å². The highest BCUT2D eigenvalue weighted by Crippen LogP contribution is 2.48. The molecular weight excluding hydrogens is 350 g/mol. The van der Waals surface area contributed by atoms with Crippen LogP contribution in [0.25, 0.3) is 0 Å². The first-order valence-electron chi connectivity index (χ1n) is 8.50. The number of nitrogens with one attached hydrogen (secondary N) is 2. The van der Waals surface area contributed by atoms with Gasteiger partial charge >= 0.3 is 6.03 Å². The standard InChI is InChI=1S/C19H23N3O3S/c1-14-4-2-3-5-17(14)19(10-11-19)13-22-18(23)21-12-15-6-8-16(9-7-15)26(20,24)25/h2-9H,10-13H2,1H3,(H2,20,24,25)(H2,21,22,23). The minimum atomic E-state index is -3.70. The molecule has 1 aliphatic carbocycles. The third kappa shape index (κ3) is 4.23. The number of urea groups is 1. The third-order valence-corrected chi connectivity index (χ3v) is 5.79. The summed E-state index contributed by atoms with van der Waals surface area (Å²) in [6, 6.07) is 14.2. The number of rotatable bonds is 6. The average molecular weight is 373 g/mol. The minimum absolute atomic E-state index is 0.0552. The van der Waals surface area contributed by atoms with E-state index in [0.29, 0.717) is 13.1 Å². The van der Waals surface area contributed by atoms with Crippen LogP contribution in [0, 0.1) is 6.92 Å². The molecule has 0 unspecified atom stereocenters. The first kappa shape index (κ1) is 18.4. The van der Waals surface area contributed by atoms with Crippen LogP contribution in [0.1, 0.15) is 29.5 Å². The number of benzene rings is 2. The number of aryl methyl sites for hydroxylation is 1. The second-order valence-corrected chi connectivity index (χ2v) is 8.38. The van der Waals surface area contributed by atoms with Crippen LogP contribution in [0.2, 0.25) is 0 Å². The zero-order valence-corrected chi connectivity index (χ0v) is 15.5. The monoisotopic (exact) mass is 373 g/mol. The molecule has 0 heterocycles. The van der Waals surface area contributed by atoms with Gasteiger partial charge in [-0.25, -0.2) is 18.4 Å². The van der Waals surface area contributed by atoms with Crippen molar-refractivity contribution in [2.75, 3.05) is 6.54 Å². The molecule has 0 saturated heterocycles. The third-order valence-electron chi connectivity index (χ3n) is 4.86. The van der Waals surface area contributed by atoms with Crippen molar-refractivity contribution in [3.63, 3.8) is 0 Å². The predicted octanol–water partition coefficient (Wildman–Crippen LogP) is 2.17. The molecule has 138 valence electrons. The summed E-state index contributed by atoms with van der Waals surface area (Å²) in [5.74, 6) is 0. The lowest BCUT2D eigenvalue weighted by molar-refractivity contribution is 0.239. The van der Waals surface area contributed by atoms with Gasteiger partial charge in [0.25, 0.3) is 0 Å². The Labute approximate surface area is 153 Å². The van der Waals surface area contributed by atoms with E-state index in [1.807, 2.05) is 12.1 Å². The molecule has 0 atom stereocenters. The summed E-state index contributed by atoms with van der Waals surface area (Å²) in [6.07, 6.45) is 2.15. The maximum Gasteiger partial charge on any atom is 0.315 e. The van der Waals surface area contributed by atoms with Gasteiger partial charge in [-0.05, 0) is 48.6 Å². The van der Waals surface area contributed by atoms with Crippen molar-refractivity contribution in [2.24, 2.45) is 5.14 Å². The maximum absolute atomic E-state index is 12.1. The van der Waals surface area contributed by atoms with Gasteiger partial charge in [-0.2, -0.15) is 0 Å². The van der Waals surface area contributed by atoms with Gasteiger partial charge < -0.3 is 10.6 Å². The average Bonchev–Trinajstić information content (AvgIpc) is 3.39. The molecule has 2 amide bonds. The molecule has 0 spiro atoms. The second-order valence-electron chi connectivity index (χ2n) is 6.82. The molecule has 0 aromatic heterocycles. The second kappa shape index (κ2) is 7.09. The van der Waals surface area contributed by atoms with Crippen LogP contribution in [-0.4, -0.2) is 21.0 Å². The zero-order valence-electron chi connectivity index (χ0n) is 14.7. The normalized spacial score (nSPS) is 15.3. The number of hydrogen-bond acceptors (Lipinski definition) is 3. The number of carbonyl (C=O) groups excluding carboxylic acids is 1. The highest BCUT2D eigenvalue weighted by atomic mass is 32.2. The largest absolute Gasteiger partial charge is 0.337 e. The fourth-order valence-corrected chi connectivity index (χ4v) is 3.67. The SMILES string of the molecule is Cc1ccccc1C1(CNC(=O)NCc2ccc(S(N)(=O)=O)cc2)CC1. The van der Waals surface area contributed by atoms with Crippen molar-refractivity contribution in [1.29, 1.82) is 0 Å². The molecule has 1 saturated carbocycles. The Morgan fingerprint density at radius 1 is 1.08 bits per heavy atom. The summed E-state index contributed by atoms with van der Waals surface area (Å²) in [5.41, 5.74) is 3.41. The Kier molecular flexibility index (Phi) is 5.02. The molecule has 1 aliphatic rings. The van der Waals surface area contributed by atoms with E-state index >= 15 is 0 Å². The molecule has 3 rings (SSSR count). The first-order valence-corrected chi connectivity index (χ1v) is 10.0. The summed E-state index contributed by atoms with van der Waals surface area (Å²) in [4.78, 5) is 12.2. The molecule has 0 aliphatic heterocycles. The Balaban J connectivity index is 1.51. The van der Waals surface area contributed by atoms with Crippen LogP contribution < -0.4 is 15.8 Å². The fraction of sp³-hybridized carbons (Fsp3) is 0.316. The molecular formula is C19H23N3O3S. The Hall–Kier alpha value is -2.38. The molecule has 2 aromatic carbocycles. The van der Waals surface area contributed by atoms with Crippen LogP contribution in [0.4, 0.5) is 4.79 Å². The number of primary sulfonamides is 1. The van der Waals surface area contributed by atoms with Crippen LogP contribution in [-0.2, 0) is 22.0 Å². The molecule has 26 heavy (non-hydrogen) atoms. The van der Waals surface area contributed by atoms with Crippen molar-refractivity contribution in [3.05, 3.63) is 65.2 Å². The lowest BCUT2D eigenvalue weighted by Crippen LogP contribution is -2.39. The quantitative estimate of drug-likeness (QED) is 0.723. The maximum atomic E-state index is 12.1. The lowest BCUT2D eigenvalue weighted by atomic mass is 9.92. The number of carbonyl (C=O) groups is 1. The summed E-state index contributed by atoms with van der Waals surface area (Å²) in [6.45, 7) is 3.02. The van der Waals surface area contributed by atoms with Crippen LogP contribution in [0.5, 0.6) is 0 Å². The highest BCUT2D eigenvalue weighted by Gasteiger charge is 2.45. The summed E-state index contributed by atoms with van der Waals surface area (Å²) >= 11 is 0. The number of amides is 2. The van der Waals surface area contributed by atoms with Gasteiger partial charge in [-0.3, -0.25) is 0 Å². The van der Waals surface area contributed by atoms with Crippen LogP contribution >= 0.6 is 0 Å². The smallest absolute Gasteiger partial charge is 0.315 e. The van der Waals surface area contributed by atoms with E-state index < -0.39 is 10.0 Å². The molecule has 4 N–H and O–H groups in total. The Morgan fingerprint density at radius 2 is 1.73 bits per heavy atom. The molecule has 0 radical (unpaired) electrons. The van der Waals surface area contributed by atoms with Crippen LogP contribution in [0.3, 0.4) is 0 Å². The molecule has 7 heteroatoms. The van der Waals surface area contributed by atoms with E-state index in [-0.39, 0.29) is 16.3 Å². The number of nitrogens with two attached hydrogens (primary N) is 1. The summed E-state index contributed by atoms with van der Waals surface area (Å²) < 4.78 is 22.5. The molecule has 1 fully saturated rings. The lowest BCUT2D eigenvalue weighted by Gasteiger charge is -2.19. The van der Waals surface area contributed by atoms with Crippen molar-refractivity contribution in [3.8, 4) is 0 Å². The van der Waals surface area contributed by atoms with E-state index in [1.165, 1.54) is 23.3 Å². The number of hydrogen-bond donors (Lipinski definition) is 3. The summed E-state index contributed by atoms with van der Waals surface area (Å²) in [5, 5.41) is 10.8. The van der Waals surface area contributed by atoms with Gasteiger partial charge in [0.05, 0.1) is 4.90 Å². The van der Waals surface area contributed by atoms with Crippen molar-refractivity contribution in [2.45, 2.75) is 36.6 Å². The number of sulfonamides is 1. The van der Waals surface area contributed by atoms with Crippen LogP contribution in [0.15, 0.2) is 53.4 Å². The van der Waals surface area contributed by atoms with Gasteiger partial charge in [-0.1, -0.05) is 36.4 Å². The van der Waals surface area contributed by atoms with E-state index in [1.54, 1.807) is 12.1 Å². The molecule has 0 bridgehead atoms. The van der Waals surface area contributed by atoms with E-state index in [9.17, 15) is 13.2 Å². The summed E-state index contributed by atoms with van der Waals surface area (Å²) in [7, 11) is -3.70. The zero-order chi connectivity index (χ0) is 18.8. The van der Waals surface area contributed by atoms with E-state index in [2.05, 4.69) is 29.7 Å². The van der Waals surface area contributed by atoms with Gasteiger partial charge in [-0.15, -0.1) is 0 Å². The van der Waals surface area contributed by atoms with E-state index in [4.69, 9.17) is 5.14 Å². The van der Waals surface area contributed by atoms with Gasteiger partial charge in [0.1, 0.15) is 0 Å². The van der Waals surface area contributed by atoms with Crippen molar-refractivity contribution in [1.82, 2.24) is 10.6 Å².